The molecule has 1 amide bonds. The highest BCUT2D eigenvalue weighted by molar-refractivity contribution is 5.99. The van der Waals surface area contributed by atoms with Crippen molar-refractivity contribution in [3.8, 4) is 0 Å². The lowest BCUT2D eigenvalue weighted by molar-refractivity contribution is 0.0951. The summed E-state index contributed by atoms with van der Waals surface area (Å²) in [5.74, 6) is 0.624. The van der Waals surface area contributed by atoms with Crippen molar-refractivity contribution in [3.05, 3.63) is 71.0 Å². The number of aryl methyl sites for hydroxylation is 2. The molecule has 0 aliphatic rings. The van der Waals surface area contributed by atoms with E-state index in [4.69, 9.17) is 0 Å². The lowest BCUT2D eigenvalue weighted by Gasteiger charge is -2.12. The van der Waals surface area contributed by atoms with Crippen LogP contribution in [0.3, 0.4) is 0 Å². The molecular weight excluding hydrogens is 340 g/mol. The molecule has 0 bridgehead atoms. The fourth-order valence-electron chi connectivity index (χ4n) is 2.73. The standard InChI is InChI=1S/C20H24N6O/c1-3-12-26-19(23-24-25-26)14-21-18-7-5-4-6-17(18)20(27)22-13-16-10-8-15(2)9-11-16/h4-11,21H,3,12-14H2,1-2H3,(H,22,27). The number of hydrogen-bond donors (Lipinski definition) is 2. The highest BCUT2D eigenvalue weighted by Gasteiger charge is 2.12. The first-order chi connectivity index (χ1) is 13.2. The zero-order valence-corrected chi connectivity index (χ0v) is 15.6. The number of benzene rings is 2. The molecule has 7 heteroatoms. The quantitative estimate of drug-likeness (QED) is 0.642. The van der Waals surface area contributed by atoms with Crippen LogP contribution < -0.4 is 10.6 Å². The Hall–Kier alpha value is -3.22. The molecule has 3 rings (SSSR count). The Labute approximate surface area is 158 Å². The second-order valence-electron chi connectivity index (χ2n) is 6.39. The van der Waals surface area contributed by atoms with Gasteiger partial charge in [-0.2, -0.15) is 0 Å². The zero-order chi connectivity index (χ0) is 19.1. The average Bonchev–Trinajstić information content (AvgIpc) is 3.13. The molecule has 2 N–H and O–H groups in total. The van der Waals surface area contributed by atoms with E-state index in [9.17, 15) is 4.79 Å². The van der Waals surface area contributed by atoms with Crippen LogP contribution in [0.25, 0.3) is 0 Å². The number of rotatable bonds is 8. The number of carbonyl (C=O) groups is 1. The van der Waals surface area contributed by atoms with Gasteiger partial charge in [0.2, 0.25) is 0 Å². The lowest BCUT2D eigenvalue weighted by atomic mass is 10.1. The van der Waals surface area contributed by atoms with Gasteiger partial charge in [0.05, 0.1) is 12.1 Å². The van der Waals surface area contributed by atoms with Gasteiger partial charge in [0, 0.05) is 18.8 Å². The summed E-state index contributed by atoms with van der Waals surface area (Å²) >= 11 is 0. The van der Waals surface area contributed by atoms with Crippen LogP contribution in [0.5, 0.6) is 0 Å². The smallest absolute Gasteiger partial charge is 0.253 e. The minimum Gasteiger partial charge on any atom is -0.377 e. The van der Waals surface area contributed by atoms with Crippen molar-refractivity contribution in [1.82, 2.24) is 25.5 Å². The Kier molecular flexibility index (Phi) is 6.14. The summed E-state index contributed by atoms with van der Waals surface area (Å²) in [4.78, 5) is 12.6. The van der Waals surface area contributed by atoms with E-state index in [1.54, 1.807) is 4.68 Å². The van der Waals surface area contributed by atoms with Crippen molar-refractivity contribution in [2.45, 2.75) is 39.9 Å². The topological polar surface area (TPSA) is 84.7 Å². The van der Waals surface area contributed by atoms with Crippen LogP contribution in [-0.2, 0) is 19.6 Å². The maximum atomic E-state index is 12.6. The largest absolute Gasteiger partial charge is 0.377 e. The van der Waals surface area contributed by atoms with Gasteiger partial charge >= 0.3 is 0 Å². The van der Waals surface area contributed by atoms with Crippen molar-refractivity contribution in [2.75, 3.05) is 5.32 Å². The van der Waals surface area contributed by atoms with E-state index in [2.05, 4.69) is 33.1 Å². The Morgan fingerprint density at radius 3 is 2.63 bits per heavy atom. The lowest BCUT2D eigenvalue weighted by Crippen LogP contribution is -2.24. The van der Waals surface area contributed by atoms with Crippen molar-refractivity contribution >= 4 is 11.6 Å². The predicted molar refractivity (Wildman–Crippen MR) is 104 cm³/mol. The molecular formula is C20H24N6O. The molecule has 3 aromatic rings. The van der Waals surface area contributed by atoms with Gasteiger partial charge in [-0.25, -0.2) is 4.68 Å². The van der Waals surface area contributed by atoms with Gasteiger partial charge in [-0.15, -0.1) is 5.10 Å². The van der Waals surface area contributed by atoms with Gasteiger partial charge in [-0.05, 0) is 41.5 Å². The molecule has 140 valence electrons. The third-order valence-corrected chi connectivity index (χ3v) is 4.22. The molecule has 0 fully saturated rings. The van der Waals surface area contributed by atoms with Gasteiger partial charge in [0.15, 0.2) is 5.82 Å². The summed E-state index contributed by atoms with van der Waals surface area (Å²) in [5.41, 5.74) is 3.62. The summed E-state index contributed by atoms with van der Waals surface area (Å²) in [5, 5.41) is 18.0. The van der Waals surface area contributed by atoms with E-state index in [-0.39, 0.29) is 5.91 Å². The van der Waals surface area contributed by atoms with Crippen LogP contribution in [0.15, 0.2) is 48.5 Å². The maximum absolute atomic E-state index is 12.6. The van der Waals surface area contributed by atoms with Crippen LogP contribution in [0, 0.1) is 6.92 Å². The molecule has 0 saturated carbocycles. The van der Waals surface area contributed by atoms with Crippen molar-refractivity contribution in [3.63, 3.8) is 0 Å². The number of carbonyl (C=O) groups excluding carboxylic acids is 1. The summed E-state index contributed by atoms with van der Waals surface area (Å²) in [7, 11) is 0. The first-order valence-corrected chi connectivity index (χ1v) is 9.09. The zero-order valence-electron chi connectivity index (χ0n) is 15.6. The number of aromatic nitrogens is 4. The van der Waals surface area contributed by atoms with E-state index < -0.39 is 0 Å². The van der Waals surface area contributed by atoms with E-state index in [1.807, 2.05) is 55.5 Å². The minimum atomic E-state index is -0.119. The number of hydrogen-bond acceptors (Lipinski definition) is 5. The van der Waals surface area contributed by atoms with Crippen LogP contribution in [0.1, 0.15) is 40.7 Å². The Morgan fingerprint density at radius 1 is 1.07 bits per heavy atom. The van der Waals surface area contributed by atoms with E-state index >= 15 is 0 Å². The third-order valence-electron chi connectivity index (χ3n) is 4.22. The Bertz CT molecular complexity index is 887. The molecule has 0 aliphatic heterocycles. The Morgan fingerprint density at radius 2 is 1.85 bits per heavy atom. The SMILES string of the molecule is CCCn1nnnc1CNc1ccccc1C(=O)NCc1ccc(C)cc1. The van der Waals surface area contributed by atoms with Crippen molar-refractivity contribution in [2.24, 2.45) is 0 Å². The van der Waals surface area contributed by atoms with Gasteiger partial charge < -0.3 is 10.6 Å². The van der Waals surface area contributed by atoms with E-state index in [0.717, 1.165) is 30.0 Å². The number of nitrogens with zero attached hydrogens (tertiary/aromatic N) is 4. The van der Waals surface area contributed by atoms with Gasteiger partial charge in [0.1, 0.15) is 0 Å². The van der Waals surface area contributed by atoms with Crippen LogP contribution in [0.2, 0.25) is 0 Å². The summed E-state index contributed by atoms with van der Waals surface area (Å²) < 4.78 is 1.77. The molecule has 0 spiro atoms. The molecule has 0 radical (unpaired) electrons. The molecule has 0 unspecified atom stereocenters. The van der Waals surface area contributed by atoms with Gasteiger partial charge in [0.25, 0.3) is 5.91 Å². The molecule has 7 nitrogen and oxygen atoms in total. The van der Waals surface area contributed by atoms with E-state index in [0.29, 0.717) is 18.7 Å². The monoisotopic (exact) mass is 364 g/mol. The average molecular weight is 364 g/mol. The summed E-state index contributed by atoms with van der Waals surface area (Å²) in [6, 6.07) is 15.6. The molecule has 27 heavy (non-hydrogen) atoms. The van der Waals surface area contributed by atoms with Gasteiger partial charge in [-0.3, -0.25) is 4.79 Å². The first-order valence-electron chi connectivity index (χ1n) is 9.09. The summed E-state index contributed by atoms with van der Waals surface area (Å²) in [6.07, 6.45) is 0.954. The van der Waals surface area contributed by atoms with Crippen LogP contribution >= 0.6 is 0 Å². The molecule has 2 aromatic carbocycles. The maximum Gasteiger partial charge on any atom is 0.253 e. The third kappa shape index (κ3) is 4.91. The number of para-hydroxylation sites is 1. The predicted octanol–water partition coefficient (Wildman–Crippen LogP) is 2.93. The molecule has 1 aromatic heterocycles. The second kappa shape index (κ2) is 8.93. The molecule has 1 heterocycles. The fraction of sp³-hybridized carbons (Fsp3) is 0.300. The second-order valence-corrected chi connectivity index (χ2v) is 6.39. The fourth-order valence-corrected chi connectivity index (χ4v) is 2.73. The molecule has 0 aliphatic carbocycles. The highest BCUT2D eigenvalue weighted by atomic mass is 16.1. The van der Waals surface area contributed by atoms with Gasteiger partial charge in [-0.1, -0.05) is 48.9 Å². The number of anilines is 1. The Balaban J connectivity index is 1.65. The highest BCUT2D eigenvalue weighted by Crippen LogP contribution is 2.16. The van der Waals surface area contributed by atoms with Crippen molar-refractivity contribution < 1.29 is 4.79 Å². The first kappa shape index (κ1) is 18.6. The summed E-state index contributed by atoms with van der Waals surface area (Å²) in [6.45, 7) is 5.83. The van der Waals surface area contributed by atoms with E-state index in [1.165, 1.54) is 5.56 Å². The van der Waals surface area contributed by atoms with Crippen molar-refractivity contribution in [1.29, 1.82) is 0 Å². The van der Waals surface area contributed by atoms with Crippen LogP contribution in [0.4, 0.5) is 5.69 Å². The van der Waals surface area contributed by atoms with Crippen LogP contribution in [-0.4, -0.2) is 26.1 Å². The number of tetrazole rings is 1. The number of amides is 1. The normalized spacial score (nSPS) is 10.6. The molecule has 0 saturated heterocycles. The minimum absolute atomic E-state index is 0.119. The number of nitrogens with one attached hydrogen (secondary N) is 2. The molecule has 0 atom stereocenters.